The van der Waals surface area contributed by atoms with Crippen molar-refractivity contribution < 1.29 is 9.53 Å². The molecule has 0 saturated carbocycles. The van der Waals surface area contributed by atoms with E-state index in [-0.39, 0.29) is 5.97 Å². The highest BCUT2D eigenvalue weighted by molar-refractivity contribution is 5.89. The first-order valence-electron chi connectivity index (χ1n) is 10.8. The van der Waals surface area contributed by atoms with Gasteiger partial charge in [-0.05, 0) is 37.3 Å². The third-order valence-corrected chi connectivity index (χ3v) is 5.81. The summed E-state index contributed by atoms with van der Waals surface area (Å²) in [7, 11) is 0. The second-order valence-electron chi connectivity index (χ2n) is 7.90. The number of fused-ring (bicyclic) bond motifs is 3. The zero-order valence-corrected chi connectivity index (χ0v) is 18.0. The lowest BCUT2D eigenvalue weighted by Crippen LogP contribution is -2.34. The molecule has 5 aromatic heterocycles. The maximum Gasteiger partial charge on any atom is 0.339 e. The summed E-state index contributed by atoms with van der Waals surface area (Å²) < 4.78 is 11.0. The van der Waals surface area contributed by atoms with Crippen LogP contribution in [0.2, 0.25) is 0 Å². The number of hydrogen-bond acceptors (Lipinski definition) is 7. The van der Waals surface area contributed by atoms with Gasteiger partial charge in [0.2, 0.25) is 5.95 Å². The highest BCUT2D eigenvalue weighted by Gasteiger charge is 2.22. The molecule has 1 aliphatic heterocycles. The van der Waals surface area contributed by atoms with Gasteiger partial charge in [0.05, 0.1) is 42.1 Å². The quantitative estimate of drug-likeness (QED) is 0.418. The van der Waals surface area contributed by atoms with E-state index in [0.29, 0.717) is 30.5 Å². The summed E-state index contributed by atoms with van der Waals surface area (Å²) in [5, 5.41) is 4.43. The van der Waals surface area contributed by atoms with Crippen molar-refractivity contribution in [1.82, 2.24) is 28.8 Å². The van der Waals surface area contributed by atoms with Crippen LogP contribution in [0.5, 0.6) is 0 Å². The molecule has 1 aliphatic rings. The van der Waals surface area contributed by atoms with E-state index in [1.54, 1.807) is 6.20 Å². The largest absolute Gasteiger partial charge is 0.462 e. The Balaban J connectivity index is 1.28. The van der Waals surface area contributed by atoms with Gasteiger partial charge in [0.1, 0.15) is 5.52 Å². The number of carbonyl (C=O) groups excluding carboxylic acids is 1. The summed E-state index contributed by atoms with van der Waals surface area (Å²) in [5.74, 6) is 1.01. The molecule has 10 nitrogen and oxygen atoms in total. The topological polar surface area (TPSA) is 94.5 Å². The highest BCUT2D eigenvalue weighted by Crippen LogP contribution is 2.22. The van der Waals surface area contributed by atoms with Gasteiger partial charge in [0, 0.05) is 37.2 Å². The maximum atomic E-state index is 12.1. The van der Waals surface area contributed by atoms with Crippen LogP contribution in [-0.2, 0) is 17.8 Å². The van der Waals surface area contributed by atoms with Crippen molar-refractivity contribution >= 4 is 34.3 Å². The molecule has 0 amide bonds. The molecule has 6 aromatic rings. The molecule has 4 bridgehead atoms. The van der Waals surface area contributed by atoms with Gasteiger partial charge in [-0.1, -0.05) is 0 Å². The summed E-state index contributed by atoms with van der Waals surface area (Å²) in [5.41, 5.74) is 7.92. The maximum absolute atomic E-state index is 12.1. The Bertz CT molecular complexity index is 1460. The molecule has 1 aromatic carbocycles. The zero-order chi connectivity index (χ0) is 22.4. The summed E-state index contributed by atoms with van der Waals surface area (Å²) in [6, 6.07) is 11.9. The molecule has 0 radical (unpaired) electrons. The van der Waals surface area contributed by atoms with Crippen LogP contribution in [-0.4, -0.2) is 47.9 Å². The predicted octanol–water partition coefficient (Wildman–Crippen LogP) is 2.95. The van der Waals surface area contributed by atoms with Crippen molar-refractivity contribution in [3.63, 3.8) is 0 Å². The number of ether oxygens (including phenoxy) is 1. The summed E-state index contributed by atoms with van der Waals surface area (Å²) >= 11 is 0. The molecule has 6 heterocycles. The molecule has 166 valence electrons. The van der Waals surface area contributed by atoms with E-state index in [0.717, 1.165) is 35.3 Å². The lowest BCUT2D eigenvalue weighted by Gasteiger charge is -2.28. The molecule has 7 rings (SSSR count). The van der Waals surface area contributed by atoms with Gasteiger partial charge in [-0.3, -0.25) is 10.1 Å². The van der Waals surface area contributed by atoms with E-state index in [9.17, 15) is 4.79 Å². The van der Waals surface area contributed by atoms with E-state index in [1.807, 2.05) is 71.1 Å². The Labute approximate surface area is 189 Å². The molecule has 0 aliphatic carbocycles. The monoisotopic (exact) mass is 442 g/mol. The highest BCUT2D eigenvalue weighted by atomic mass is 16.5. The molecule has 1 N–H and O–H groups in total. The average molecular weight is 442 g/mol. The van der Waals surface area contributed by atoms with E-state index in [4.69, 9.17) is 9.72 Å². The van der Waals surface area contributed by atoms with Gasteiger partial charge in [-0.15, -0.1) is 0 Å². The van der Waals surface area contributed by atoms with Gasteiger partial charge in [0.15, 0.2) is 5.82 Å². The van der Waals surface area contributed by atoms with Crippen molar-refractivity contribution in [3.05, 3.63) is 72.4 Å². The standard InChI is InChI=1S/C23H22N8O2/c1-2-33-22(32)16-11-19-14-29(10-9-28(19)13-16)23-24-8-7-21(26-23)27-31-18-5-3-17(4-6-18)30-15-20(31)12-25-30/h3-8,11-13,15H,2,9-10,14H2,1H3,(H,24,26,27). The Morgan fingerprint density at radius 2 is 1.94 bits per heavy atom. The van der Waals surface area contributed by atoms with Gasteiger partial charge in [0.25, 0.3) is 0 Å². The minimum Gasteiger partial charge on any atom is -0.462 e. The minimum absolute atomic E-state index is 0.294. The van der Waals surface area contributed by atoms with Gasteiger partial charge in [-0.25, -0.2) is 14.3 Å². The van der Waals surface area contributed by atoms with Crippen LogP contribution < -0.4 is 10.3 Å². The lowest BCUT2D eigenvalue weighted by molar-refractivity contribution is 0.0526. The number of nitrogens with one attached hydrogen (secondary N) is 1. The van der Waals surface area contributed by atoms with Crippen molar-refractivity contribution in [2.24, 2.45) is 0 Å². The van der Waals surface area contributed by atoms with Crippen molar-refractivity contribution in [2.75, 3.05) is 23.5 Å². The fourth-order valence-corrected chi connectivity index (χ4v) is 4.18. The Hall–Kier alpha value is -4.34. The number of benzene rings is 1. The number of anilines is 2. The SMILES string of the molecule is CCOC(=O)c1cc2n(c1)CCN(c1nccc(Nn3c4ccc(cc4)n4cc3cn4)n1)C2. The first-order valence-corrected chi connectivity index (χ1v) is 10.8. The number of rotatable bonds is 5. The normalized spacial score (nSPS) is 13.4. The lowest BCUT2D eigenvalue weighted by atomic mass is 10.3. The molecular weight excluding hydrogens is 420 g/mol. The summed E-state index contributed by atoms with van der Waals surface area (Å²) in [6.45, 7) is 4.27. The fourth-order valence-electron chi connectivity index (χ4n) is 4.18. The van der Waals surface area contributed by atoms with Crippen LogP contribution in [0.3, 0.4) is 0 Å². The molecule has 0 spiro atoms. The second-order valence-corrected chi connectivity index (χ2v) is 7.90. The van der Waals surface area contributed by atoms with Crippen molar-refractivity contribution in [3.8, 4) is 0 Å². The van der Waals surface area contributed by atoms with Crippen LogP contribution in [0.4, 0.5) is 11.8 Å². The molecule has 0 unspecified atom stereocenters. The number of hydrogen-bond donors (Lipinski definition) is 1. The van der Waals surface area contributed by atoms with E-state index < -0.39 is 0 Å². The fraction of sp³-hybridized carbons (Fsp3) is 0.217. The molecule has 33 heavy (non-hydrogen) atoms. The minimum atomic E-state index is -0.294. The van der Waals surface area contributed by atoms with Crippen LogP contribution in [0.1, 0.15) is 23.0 Å². The summed E-state index contributed by atoms with van der Waals surface area (Å²) in [4.78, 5) is 23.5. The predicted molar refractivity (Wildman–Crippen MR) is 123 cm³/mol. The smallest absolute Gasteiger partial charge is 0.339 e. The molecule has 0 saturated heterocycles. The van der Waals surface area contributed by atoms with E-state index >= 15 is 0 Å². The summed E-state index contributed by atoms with van der Waals surface area (Å²) in [6.07, 6.45) is 7.39. The Kier molecular flexibility index (Phi) is 4.49. The molecule has 0 atom stereocenters. The van der Waals surface area contributed by atoms with Crippen LogP contribution in [0.25, 0.3) is 16.6 Å². The van der Waals surface area contributed by atoms with Gasteiger partial charge >= 0.3 is 5.97 Å². The van der Waals surface area contributed by atoms with E-state index in [2.05, 4.69) is 25.0 Å². The molecule has 0 fully saturated rings. The van der Waals surface area contributed by atoms with E-state index in [1.165, 1.54) is 0 Å². The number of aromatic nitrogens is 6. The zero-order valence-electron chi connectivity index (χ0n) is 18.0. The van der Waals surface area contributed by atoms with Crippen molar-refractivity contribution in [2.45, 2.75) is 20.0 Å². The van der Waals surface area contributed by atoms with Gasteiger partial charge < -0.3 is 14.2 Å². The Morgan fingerprint density at radius 3 is 2.79 bits per heavy atom. The first-order chi connectivity index (χ1) is 16.2. The average Bonchev–Trinajstić information content (AvgIpc) is 3.51. The molecule has 10 heteroatoms. The number of nitrogens with zero attached hydrogens (tertiary/aromatic N) is 7. The van der Waals surface area contributed by atoms with Crippen LogP contribution in [0.15, 0.2) is 61.2 Å². The second kappa shape index (κ2) is 7.66. The molecular formula is C23H22N8O2. The van der Waals surface area contributed by atoms with Crippen molar-refractivity contribution in [1.29, 1.82) is 0 Å². The third kappa shape index (κ3) is 3.45. The first kappa shape index (κ1) is 19.4. The number of esters is 1. The third-order valence-electron chi connectivity index (χ3n) is 5.81. The van der Waals surface area contributed by atoms with Crippen LogP contribution >= 0.6 is 0 Å². The van der Waals surface area contributed by atoms with Crippen LogP contribution in [0, 0.1) is 0 Å². The number of carbonyl (C=O) groups is 1. The van der Waals surface area contributed by atoms with Gasteiger partial charge in [-0.2, -0.15) is 10.1 Å². The Morgan fingerprint density at radius 1 is 1.09 bits per heavy atom.